The van der Waals surface area contributed by atoms with E-state index in [9.17, 15) is 9.59 Å². The van der Waals surface area contributed by atoms with Crippen LogP contribution in [0.2, 0.25) is 0 Å². The van der Waals surface area contributed by atoms with Crippen molar-refractivity contribution in [2.75, 3.05) is 19.6 Å². The van der Waals surface area contributed by atoms with E-state index < -0.39 is 6.04 Å². The van der Waals surface area contributed by atoms with Crippen LogP contribution in [0.15, 0.2) is 67.5 Å². The number of amides is 2. The number of hydrogen-bond acceptors (Lipinski definition) is 4. The van der Waals surface area contributed by atoms with Crippen LogP contribution in [-0.2, 0) is 11.2 Å². The number of benzene rings is 1. The van der Waals surface area contributed by atoms with Crippen LogP contribution in [0, 0.1) is 0 Å². The lowest BCUT2D eigenvalue weighted by Gasteiger charge is -2.40. The third kappa shape index (κ3) is 4.87. The van der Waals surface area contributed by atoms with E-state index in [0.717, 1.165) is 22.4 Å². The Kier molecular flexibility index (Phi) is 6.68. The van der Waals surface area contributed by atoms with Crippen molar-refractivity contribution in [3.05, 3.63) is 84.5 Å². The maximum absolute atomic E-state index is 13.4. The van der Waals surface area contributed by atoms with Gasteiger partial charge in [-0.2, -0.15) is 5.10 Å². The van der Waals surface area contributed by atoms with Crippen LogP contribution in [0.1, 0.15) is 41.5 Å². The predicted octanol–water partition coefficient (Wildman–Crippen LogP) is 3.68. The van der Waals surface area contributed by atoms with Crippen LogP contribution < -0.4 is 0 Å². The summed E-state index contributed by atoms with van der Waals surface area (Å²) in [5, 5.41) is 7.17. The van der Waals surface area contributed by atoms with Gasteiger partial charge in [-0.05, 0) is 34.7 Å². The van der Waals surface area contributed by atoms with Crippen molar-refractivity contribution in [3.8, 4) is 11.1 Å². The molecule has 33 heavy (non-hydrogen) atoms. The smallest absolute Gasteiger partial charge is 0.275 e. The fourth-order valence-electron chi connectivity index (χ4n) is 4.14. The molecule has 4 rings (SSSR count). The number of aromatic amines is 1. The highest BCUT2D eigenvalue weighted by molar-refractivity contribution is 5.97. The van der Waals surface area contributed by atoms with Gasteiger partial charge in [0.25, 0.3) is 5.91 Å². The van der Waals surface area contributed by atoms with Gasteiger partial charge in [-0.1, -0.05) is 50.3 Å². The predicted molar refractivity (Wildman–Crippen MR) is 128 cm³/mol. The van der Waals surface area contributed by atoms with E-state index in [2.05, 4.69) is 27.8 Å². The number of nitrogens with one attached hydrogen (secondary N) is 1. The zero-order valence-electron chi connectivity index (χ0n) is 19.1. The largest absolute Gasteiger partial charge is 0.335 e. The highest BCUT2D eigenvalue weighted by atomic mass is 16.2. The minimum absolute atomic E-state index is 0.0686. The van der Waals surface area contributed by atoms with Gasteiger partial charge in [0.15, 0.2) is 0 Å². The number of piperazine rings is 1. The number of aromatic nitrogens is 3. The Labute approximate surface area is 194 Å². The van der Waals surface area contributed by atoms with Gasteiger partial charge in [-0.25, -0.2) is 0 Å². The Hall–Kier alpha value is -3.74. The summed E-state index contributed by atoms with van der Waals surface area (Å²) in [6, 6.07) is 13.1. The highest BCUT2D eigenvalue weighted by Gasteiger charge is 2.38. The third-order valence-corrected chi connectivity index (χ3v) is 5.98. The van der Waals surface area contributed by atoms with Crippen molar-refractivity contribution in [3.63, 3.8) is 0 Å². The van der Waals surface area contributed by atoms with Crippen LogP contribution in [0.3, 0.4) is 0 Å². The Morgan fingerprint density at radius 3 is 2.73 bits per heavy atom. The van der Waals surface area contributed by atoms with Gasteiger partial charge in [0.05, 0.1) is 0 Å². The Balaban J connectivity index is 1.63. The SMILES string of the molecule is C=CCN1CCN(C(=O)c2cc(C(C)C)[nH]n2)C(Cc2cccc(-c3cccnc3)c2)C1=O. The first-order valence-corrected chi connectivity index (χ1v) is 11.2. The summed E-state index contributed by atoms with van der Waals surface area (Å²) in [6.45, 7) is 9.24. The van der Waals surface area contributed by atoms with Gasteiger partial charge in [-0.3, -0.25) is 19.7 Å². The number of carbonyl (C=O) groups is 2. The van der Waals surface area contributed by atoms with Crippen LogP contribution >= 0.6 is 0 Å². The number of rotatable bonds is 7. The normalized spacial score (nSPS) is 16.3. The highest BCUT2D eigenvalue weighted by Crippen LogP contribution is 2.24. The summed E-state index contributed by atoms with van der Waals surface area (Å²) in [6.07, 6.45) is 5.70. The third-order valence-electron chi connectivity index (χ3n) is 5.98. The molecule has 7 heteroatoms. The van der Waals surface area contributed by atoms with E-state index in [4.69, 9.17) is 0 Å². The van der Waals surface area contributed by atoms with Crippen LogP contribution in [-0.4, -0.2) is 62.5 Å². The van der Waals surface area contributed by atoms with Gasteiger partial charge < -0.3 is 9.80 Å². The number of hydrogen-bond donors (Lipinski definition) is 1. The summed E-state index contributed by atoms with van der Waals surface area (Å²) < 4.78 is 0. The van der Waals surface area contributed by atoms with E-state index >= 15 is 0 Å². The minimum atomic E-state index is -0.602. The maximum Gasteiger partial charge on any atom is 0.275 e. The molecule has 1 aromatic carbocycles. The molecule has 0 aliphatic carbocycles. The lowest BCUT2D eigenvalue weighted by atomic mass is 9.97. The number of pyridine rings is 1. The zero-order chi connectivity index (χ0) is 23.4. The molecule has 1 saturated heterocycles. The second-order valence-electron chi connectivity index (χ2n) is 8.60. The van der Waals surface area contributed by atoms with Crippen LogP contribution in [0.25, 0.3) is 11.1 Å². The number of nitrogens with zero attached hydrogens (tertiary/aromatic N) is 4. The molecule has 3 heterocycles. The van der Waals surface area contributed by atoms with E-state index in [1.807, 2.05) is 50.4 Å². The van der Waals surface area contributed by atoms with Gasteiger partial charge >= 0.3 is 0 Å². The van der Waals surface area contributed by atoms with Crippen molar-refractivity contribution in [1.82, 2.24) is 25.0 Å². The summed E-state index contributed by atoms with van der Waals surface area (Å²) in [5.74, 6) is -0.0600. The molecule has 170 valence electrons. The molecule has 1 fully saturated rings. The molecule has 2 aromatic heterocycles. The topological polar surface area (TPSA) is 82.2 Å². The van der Waals surface area contributed by atoms with E-state index in [1.165, 1.54) is 0 Å². The summed E-state index contributed by atoms with van der Waals surface area (Å²) in [4.78, 5) is 34.4. The molecule has 1 N–H and O–H groups in total. The second-order valence-corrected chi connectivity index (χ2v) is 8.60. The van der Waals surface area contributed by atoms with E-state index in [1.54, 1.807) is 28.1 Å². The zero-order valence-corrected chi connectivity index (χ0v) is 19.1. The second kappa shape index (κ2) is 9.81. The van der Waals surface area contributed by atoms with Gasteiger partial charge in [0.2, 0.25) is 5.91 Å². The molecule has 1 aliphatic rings. The van der Waals surface area contributed by atoms with Crippen molar-refractivity contribution in [1.29, 1.82) is 0 Å². The molecule has 0 saturated carbocycles. The monoisotopic (exact) mass is 443 g/mol. The molecular formula is C26H29N5O2. The molecule has 0 bridgehead atoms. The average Bonchev–Trinajstić information content (AvgIpc) is 3.33. The van der Waals surface area contributed by atoms with Crippen LogP contribution in [0.4, 0.5) is 0 Å². The molecule has 1 atom stereocenters. The first kappa shape index (κ1) is 22.5. The minimum Gasteiger partial charge on any atom is -0.335 e. The standard InChI is InChI=1S/C26H29N5O2/c1-4-11-30-12-13-31(25(32)23-16-22(18(2)3)28-29-23)24(26(30)33)15-19-7-5-8-20(14-19)21-9-6-10-27-17-21/h4-10,14,16-18,24H,1,11-13,15H2,2-3H3,(H,28,29). The molecule has 0 radical (unpaired) electrons. The van der Waals surface area contributed by atoms with Gasteiger partial charge in [-0.15, -0.1) is 6.58 Å². The first-order chi connectivity index (χ1) is 16.0. The molecule has 3 aromatic rings. The molecule has 1 unspecified atom stereocenters. The van der Waals surface area contributed by atoms with E-state index in [-0.39, 0.29) is 17.7 Å². The molecule has 1 aliphatic heterocycles. The fourth-order valence-corrected chi connectivity index (χ4v) is 4.14. The number of carbonyl (C=O) groups excluding carboxylic acids is 2. The average molecular weight is 444 g/mol. The summed E-state index contributed by atoms with van der Waals surface area (Å²) >= 11 is 0. The Morgan fingerprint density at radius 2 is 2.03 bits per heavy atom. The van der Waals surface area contributed by atoms with Crippen molar-refractivity contribution in [2.45, 2.75) is 32.2 Å². The van der Waals surface area contributed by atoms with Crippen molar-refractivity contribution in [2.24, 2.45) is 0 Å². The Morgan fingerprint density at radius 1 is 1.21 bits per heavy atom. The lowest BCUT2D eigenvalue weighted by molar-refractivity contribution is -0.139. The summed E-state index contributed by atoms with van der Waals surface area (Å²) in [7, 11) is 0. The van der Waals surface area contributed by atoms with Gasteiger partial charge in [0.1, 0.15) is 11.7 Å². The number of H-pyrrole nitrogens is 1. The van der Waals surface area contributed by atoms with Crippen molar-refractivity contribution < 1.29 is 9.59 Å². The molecule has 0 spiro atoms. The van der Waals surface area contributed by atoms with Crippen LogP contribution in [0.5, 0.6) is 0 Å². The molecule has 2 amide bonds. The fraction of sp³-hybridized carbons (Fsp3) is 0.308. The van der Waals surface area contributed by atoms with Gasteiger partial charge in [0, 0.05) is 44.1 Å². The quantitative estimate of drug-likeness (QED) is 0.565. The summed E-state index contributed by atoms with van der Waals surface area (Å²) in [5.41, 5.74) is 4.26. The maximum atomic E-state index is 13.4. The Bertz CT molecular complexity index is 1140. The molecule has 7 nitrogen and oxygen atoms in total. The molecular weight excluding hydrogens is 414 g/mol. The van der Waals surface area contributed by atoms with E-state index in [0.29, 0.717) is 31.7 Å². The van der Waals surface area contributed by atoms with Crippen molar-refractivity contribution >= 4 is 11.8 Å². The lowest BCUT2D eigenvalue weighted by Crippen LogP contribution is -2.59. The first-order valence-electron chi connectivity index (χ1n) is 11.2.